The van der Waals surface area contributed by atoms with Gasteiger partial charge in [-0.15, -0.1) is 0 Å². The van der Waals surface area contributed by atoms with Crippen molar-refractivity contribution in [2.75, 3.05) is 5.32 Å². The molecule has 5 nitrogen and oxygen atoms in total. The van der Waals surface area contributed by atoms with Crippen LogP contribution in [0.25, 0.3) is 11.1 Å². The molecule has 0 amide bonds. The number of nitrogens with zero attached hydrogens (tertiary/aromatic N) is 2. The molecular formula is C17H13N3O2. The summed E-state index contributed by atoms with van der Waals surface area (Å²) in [5.74, 6) is 0.661. The highest BCUT2D eigenvalue weighted by Gasteiger charge is 2.11. The number of nitro benzene ring substituents is 1. The number of non-ortho nitro benzene ring substituents is 1. The molecule has 3 rings (SSSR count). The van der Waals surface area contributed by atoms with E-state index in [0.717, 1.165) is 16.8 Å². The average molecular weight is 291 g/mol. The maximum Gasteiger partial charge on any atom is 0.270 e. The van der Waals surface area contributed by atoms with E-state index in [1.54, 1.807) is 18.3 Å². The first-order valence-electron chi connectivity index (χ1n) is 6.76. The zero-order valence-corrected chi connectivity index (χ0v) is 11.6. The Balaban J connectivity index is 2.01. The molecule has 0 spiro atoms. The van der Waals surface area contributed by atoms with Gasteiger partial charge in [0, 0.05) is 29.6 Å². The van der Waals surface area contributed by atoms with Gasteiger partial charge in [0.25, 0.3) is 5.69 Å². The Morgan fingerprint density at radius 1 is 0.955 bits per heavy atom. The summed E-state index contributed by atoms with van der Waals surface area (Å²) in [6.07, 6.45) is 1.69. The van der Waals surface area contributed by atoms with Crippen LogP contribution in [0.5, 0.6) is 0 Å². The number of para-hydroxylation sites is 1. The van der Waals surface area contributed by atoms with Gasteiger partial charge in [0.05, 0.1) is 4.92 Å². The van der Waals surface area contributed by atoms with Crippen molar-refractivity contribution >= 4 is 17.2 Å². The topological polar surface area (TPSA) is 68.1 Å². The van der Waals surface area contributed by atoms with Crippen LogP contribution in [0, 0.1) is 10.1 Å². The van der Waals surface area contributed by atoms with Crippen molar-refractivity contribution in [3.63, 3.8) is 0 Å². The Labute approximate surface area is 127 Å². The lowest BCUT2D eigenvalue weighted by Gasteiger charge is -2.11. The van der Waals surface area contributed by atoms with Gasteiger partial charge in [0.2, 0.25) is 0 Å². The third kappa shape index (κ3) is 2.93. The van der Waals surface area contributed by atoms with Gasteiger partial charge in [0.15, 0.2) is 0 Å². The number of nitro groups is 1. The summed E-state index contributed by atoms with van der Waals surface area (Å²) >= 11 is 0. The molecule has 22 heavy (non-hydrogen) atoms. The van der Waals surface area contributed by atoms with Crippen molar-refractivity contribution in [2.24, 2.45) is 0 Å². The van der Waals surface area contributed by atoms with Gasteiger partial charge in [-0.05, 0) is 29.8 Å². The number of aromatic nitrogens is 1. The van der Waals surface area contributed by atoms with E-state index in [0.29, 0.717) is 5.82 Å². The molecule has 0 aliphatic carbocycles. The molecule has 1 N–H and O–H groups in total. The maximum atomic E-state index is 10.9. The molecule has 0 saturated carbocycles. The smallest absolute Gasteiger partial charge is 0.270 e. The van der Waals surface area contributed by atoms with Crippen LogP contribution in [-0.4, -0.2) is 9.91 Å². The first kappa shape index (κ1) is 13.8. The van der Waals surface area contributed by atoms with Crippen molar-refractivity contribution in [1.29, 1.82) is 0 Å². The third-order valence-electron chi connectivity index (χ3n) is 3.21. The van der Waals surface area contributed by atoms with Crippen LogP contribution in [0.2, 0.25) is 0 Å². The molecule has 5 heteroatoms. The van der Waals surface area contributed by atoms with Crippen molar-refractivity contribution in [2.45, 2.75) is 0 Å². The summed E-state index contributed by atoms with van der Waals surface area (Å²) in [4.78, 5) is 14.9. The second-order valence-corrected chi connectivity index (χ2v) is 4.70. The number of rotatable bonds is 4. The normalized spacial score (nSPS) is 10.2. The monoisotopic (exact) mass is 291 g/mol. The van der Waals surface area contributed by atoms with E-state index in [2.05, 4.69) is 10.3 Å². The summed E-state index contributed by atoms with van der Waals surface area (Å²) in [5.41, 5.74) is 2.54. The summed E-state index contributed by atoms with van der Waals surface area (Å²) in [7, 11) is 0. The minimum atomic E-state index is -0.399. The summed E-state index contributed by atoms with van der Waals surface area (Å²) < 4.78 is 0. The average Bonchev–Trinajstić information content (AvgIpc) is 2.56. The van der Waals surface area contributed by atoms with Crippen LogP contribution in [0.3, 0.4) is 0 Å². The minimum absolute atomic E-state index is 0.0621. The Kier molecular flexibility index (Phi) is 3.78. The van der Waals surface area contributed by atoms with Crippen molar-refractivity contribution < 1.29 is 4.92 Å². The van der Waals surface area contributed by atoms with Gasteiger partial charge in [-0.3, -0.25) is 10.1 Å². The van der Waals surface area contributed by atoms with E-state index < -0.39 is 4.92 Å². The first-order chi connectivity index (χ1) is 10.7. The fourth-order valence-electron chi connectivity index (χ4n) is 2.18. The largest absolute Gasteiger partial charge is 0.340 e. The highest BCUT2D eigenvalue weighted by molar-refractivity contribution is 5.79. The Hall–Kier alpha value is -3.21. The van der Waals surface area contributed by atoms with E-state index in [-0.39, 0.29) is 5.69 Å². The summed E-state index contributed by atoms with van der Waals surface area (Å²) in [5, 5.41) is 14.2. The Morgan fingerprint density at radius 2 is 1.77 bits per heavy atom. The standard InChI is InChI=1S/C17H13N3O2/c21-20(22)15-9-4-6-13(12-15)16-10-5-11-18-17(16)19-14-7-2-1-3-8-14/h1-12H,(H,18,19). The molecule has 0 aliphatic rings. The molecule has 108 valence electrons. The number of anilines is 2. The van der Waals surface area contributed by atoms with Crippen LogP contribution in [0.15, 0.2) is 72.9 Å². The van der Waals surface area contributed by atoms with Crippen molar-refractivity contribution in [1.82, 2.24) is 4.98 Å². The molecule has 0 radical (unpaired) electrons. The molecule has 1 heterocycles. The number of hydrogen-bond donors (Lipinski definition) is 1. The number of nitrogens with one attached hydrogen (secondary N) is 1. The van der Waals surface area contributed by atoms with E-state index in [9.17, 15) is 10.1 Å². The molecule has 0 bridgehead atoms. The number of benzene rings is 2. The fourth-order valence-corrected chi connectivity index (χ4v) is 2.18. The summed E-state index contributed by atoms with van der Waals surface area (Å²) in [6.45, 7) is 0. The molecule has 0 fully saturated rings. The van der Waals surface area contributed by atoms with Gasteiger partial charge < -0.3 is 5.32 Å². The van der Waals surface area contributed by atoms with Gasteiger partial charge in [-0.2, -0.15) is 0 Å². The zero-order chi connectivity index (χ0) is 15.4. The van der Waals surface area contributed by atoms with E-state index in [4.69, 9.17) is 0 Å². The highest BCUT2D eigenvalue weighted by atomic mass is 16.6. The lowest BCUT2D eigenvalue weighted by Crippen LogP contribution is -1.96. The number of hydrogen-bond acceptors (Lipinski definition) is 4. The first-order valence-corrected chi connectivity index (χ1v) is 6.76. The van der Waals surface area contributed by atoms with Gasteiger partial charge in [-0.25, -0.2) is 4.98 Å². The molecule has 0 unspecified atom stereocenters. The van der Waals surface area contributed by atoms with Crippen LogP contribution in [0.1, 0.15) is 0 Å². The lowest BCUT2D eigenvalue weighted by molar-refractivity contribution is -0.384. The van der Waals surface area contributed by atoms with Crippen LogP contribution in [-0.2, 0) is 0 Å². The molecule has 2 aromatic carbocycles. The molecular weight excluding hydrogens is 278 g/mol. The predicted octanol–water partition coefficient (Wildman–Crippen LogP) is 4.40. The van der Waals surface area contributed by atoms with Crippen LogP contribution < -0.4 is 5.32 Å². The maximum absolute atomic E-state index is 10.9. The van der Waals surface area contributed by atoms with Gasteiger partial charge in [0.1, 0.15) is 5.82 Å². The Morgan fingerprint density at radius 3 is 2.55 bits per heavy atom. The van der Waals surface area contributed by atoms with Crippen molar-refractivity contribution in [3.8, 4) is 11.1 Å². The predicted molar refractivity (Wildman–Crippen MR) is 86.1 cm³/mol. The molecule has 3 aromatic rings. The molecule has 0 saturated heterocycles. The zero-order valence-electron chi connectivity index (χ0n) is 11.6. The minimum Gasteiger partial charge on any atom is -0.340 e. The number of pyridine rings is 1. The van der Waals surface area contributed by atoms with E-state index >= 15 is 0 Å². The Bertz CT molecular complexity index is 804. The second-order valence-electron chi connectivity index (χ2n) is 4.70. The quantitative estimate of drug-likeness (QED) is 0.571. The summed E-state index contributed by atoms with van der Waals surface area (Å²) in [6, 6.07) is 19.9. The van der Waals surface area contributed by atoms with E-state index in [1.807, 2.05) is 48.5 Å². The third-order valence-corrected chi connectivity index (χ3v) is 3.21. The van der Waals surface area contributed by atoms with Gasteiger partial charge in [-0.1, -0.05) is 30.3 Å². The molecule has 1 aromatic heterocycles. The SMILES string of the molecule is O=[N+]([O-])c1cccc(-c2cccnc2Nc2ccccc2)c1. The van der Waals surface area contributed by atoms with Crippen molar-refractivity contribution in [3.05, 3.63) is 83.0 Å². The lowest BCUT2D eigenvalue weighted by atomic mass is 10.1. The highest BCUT2D eigenvalue weighted by Crippen LogP contribution is 2.30. The molecule has 0 aliphatic heterocycles. The second kappa shape index (κ2) is 6.05. The molecule has 0 atom stereocenters. The van der Waals surface area contributed by atoms with Crippen LogP contribution in [0.4, 0.5) is 17.2 Å². The van der Waals surface area contributed by atoms with Gasteiger partial charge >= 0.3 is 0 Å². The fraction of sp³-hybridized carbons (Fsp3) is 0. The van der Waals surface area contributed by atoms with Crippen LogP contribution >= 0.6 is 0 Å². The van der Waals surface area contributed by atoms with E-state index in [1.165, 1.54) is 6.07 Å².